The summed E-state index contributed by atoms with van der Waals surface area (Å²) < 4.78 is 0. The Morgan fingerprint density at radius 1 is 1.14 bits per heavy atom. The fourth-order valence-corrected chi connectivity index (χ4v) is 1.52. The van der Waals surface area contributed by atoms with Crippen LogP contribution in [0.25, 0.3) is 0 Å². The lowest BCUT2D eigenvalue weighted by Gasteiger charge is -2.04. The number of aliphatic hydroxyl groups excluding tert-OH is 1. The highest BCUT2D eigenvalue weighted by Crippen LogP contribution is 2.09. The Bertz CT molecular complexity index is 248. The van der Waals surface area contributed by atoms with E-state index in [1.807, 2.05) is 6.92 Å². The van der Waals surface area contributed by atoms with E-state index in [1.54, 1.807) is 0 Å². The van der Waals surface area contributed by atoms with Gasteiger partial charge in [-0.1, -0.05) is 36.2 Å². The quantitative estimate of drug-likeness (QED) is 0.711. The minimum absolute atomic E-state index is 0.145. The van der Waals surface area contributed by atoms with Crippen LogP contribution in [0.1, 0.15) is 37.3 Å². The predicted molar refractivity (Wildman–Crippen MR) is 60.4 cm³/mol. The maximum Gasteiger partial charge on any atom is 0.0512 e. The smallest absolute Gasteiger partial charge is 0.0512 e. The maximum atomic E-state index is 9.09. The Kier molecular flexibility index (Phi) is 4.68. The van der Waals surface area contributed by atoms with Crippen LogP contribution in [-0.2, 0) is 6.42 Å². The normalized spacial score (nSPS) is 12.8. The molecule has 1 unspecified atom stereocenters. The highest BCUT2D eigenvalue weighted by atomic mass is 16.3. The Balaban J connectivity index is 2.21. The van der Waals surface area contributed by atoms with Gasteiger partial charge in [0, 0.05) is 0 Å². The standard InChI is InChI=1S/C13H20O/c1-11-7-9-13(10-8-11)6-4-3-5-12(2)14/h7-10,12,14H,3-6H2,1-2H3. The fraction of sp³-hybridized carbons (Fsp3) is 0.538. The third-order valence-electron chi connectivity index (χ3n) is 2.46. The molecule has 0 saturated heterocycles. The van der Waals surface area contributed by atoms with Crippen LogP contribution in [0.5, 0.6) is 0 Å². The van der Waals surface area contributed by atoms with Crippen molar-refractivity contribution in [3.63, 3.8) is 0 Å². The van der Waals surface area contributed by atoms with Gasteiger partial charge in [0.1, 0.15) is 0 Å². The zero-order chi connectivity index (χ0) is 10.4. The molecule has 1 nitrogen and oxygen atoms in total. The molecule has 0 fully saturated rings. The van der Waals surface area contributed by atoms with Gasteiger partial charge in [-0.2, -0.15) is 0 Å². The largest absolute Gasteiger partial charge is 0.393 e. The molecule has 0 radical (unpaired) electrons. The van der Waals surface area contributed by atoms with Gasteiger partial charge in [-0.3, -0.25) is 0 Å². The molecular formula is C13H20O. The number of unbranched alkanes of at least 4 members (excludes halogenated alkanes) is 1. The zero-order valence-corrected chi connectivity index (χ0v) is 9.16. The van der Waals surface area contributed by atoms with Crippen LogP contribution in [-0.4, -0.2) is 11.2 Å². The van der Waals surface area contributed by atoms with E-state index in [4.69, 9.17) is 5.11 Å². The molecule has 0 aromatic heterocycles. The summed E-state index contributed by atoms with van der Waals surface area (Å²) in [5.41, 5.74) is 2.72. The van der Waals surface area contributed by atoms with Gasteiger partial charge in [-0.25, -0.2) is 0 Å². The molecule has 1 N–H and O–H groups in total. The van der Waals surface area contributed by atoms with Crippen molar-refractivity contribution < 1.29 is 5.11 Å². The summed E-state index contributed by atoms with van der Waals surface area (Å²) in [6, 6.07) is 8.70. The SMILES string of the molecule is Cc1ccc(CCCCC(C)O)cc1. The summed E-state index contributed by atoms with van der Waals surface area (Å²) in [5, 5.41) is 9.09. The molecule has 0 bridgehead atoms. The molecule has 0 heterocycles. The molecule has 0 aliphatic carbocycles. The van der Waals surface area contributed by atoms with Gasteiger partial charge in [-0.05, 0) is 38.7 Å². The minimum atomic E-state index is -0.145. The summed E-state index contributed by atoms with van der Waals surface area (Å²) in [4.78, 5) is 0. The summed E-state index contributed by atoms with van der Waals surface area (Å²) >= 11 is 0. The first-order valence-electron chi connectivity index (χ1n) is 5.42. The first kappa shape index (κ1) is 11.3. The Morgan fingerprint density at radius 3 is 2.36 bits per heavy atom. The van der Waals surface area contributed by atoms with Crippen molar-refractivity contribution in [3.05, 3.63) is 35.4 Å². The molecule has 1 aromatic rings. The molecule has 78 valence electrons. The van der Waals surface area contributed by atoms with Crippen LogP contribution < -0.4 is 0 Å². The van der Waals surface area contributed by atoms with Gasteiger partial charge in [-0.15, -0.1) is 0 Å². The molecule has 1 heteroatoms. The van der Waals surface area contributed by atoms with E-state index < -0.39 is 0 Å². The number of benzene rings is 1. The van der Waals surface area contributed by atoms with E-state index >= 15 is 0 Å². The lowest BCUT2D eigenvalue weighted by Crippen LogP contribution is -1.98. The van der Waals surface area contributed by atoms with E-state index in [0.717, 1.165) is 19.3 Å². The summed E-state index contributed by atoms with van der Waals surface area (Å²) in [6.07, 6.45) is 4.20. The average molecular weight is 192 g/mol. The van der Waals surface area contributed by atoms with E-state index in [9.17, 15) is 0 Å². The van der Waals surface area contributed by atoms with Crippen molar-refractivity contribution in [1.29, 1.82) is 0 Å². The number of hydrogen-bond acceptors (Lipinski definition) is 1. The third kappa shape index (κ3) is 4.43. The van der Waals surface area contributed by atoms with Crippen molar-refractivity contribution >= 4 is 0 Å². The Morgan fingerprint density at radius 2 is 1.79 bits per heavy atom. The highest BCUT2D eigenvalue weighted by Gasteiger charge is 1.96. The molecule has 14 heavy (non-hydrogen) atoms. The lowest BCUT2D eigenvalue weighted by molar-refractivity contribution is 0.180. The molecule has 1 rings (SSSR count). The second-order valence-corrected chi connectivity index (χ2v) is 4.08. The number of hydrogen-bond donors (Lipinski definition) is 1. The summed E-state index contributed by atoms with van der Waals surface area (Å²) in [7, 11) is 0. The van der Waals surface area contributed by atoms with Crippen LogP contribution >= 0.6 is 0 Å². The predicted octanol–water partition coefficient (Wildman–Crippen LogP) is 3.09. The van der Waals surface area contributed by atoms with Crippen molar-refractivity contribution in [1.82, 2.24) is 0 Å². The highest BCUT2D eigenvalue weighted by molar-refractivity contribution is 5.21. The van der Waals surface area contributed by atoms with Crippen LogP contribution in [0, 0.1) is 6.92 Å². The second-order valence-electron chi connectivity index (χ2n) is 4.08. The molecule has 0 spiro atoms. The molecule has 0 amide bonds. The lowest BCUT2D eigenvalue weighted by atomic mass is 10.0. The van der Waals surface area contributed by atoms with Crippen molar-refractivity contribution in [2.75, 3.05) is 0 Å². The third-order valence-corrected chi connectivity index (χ3v) is 2.46. The Hall–Kier alpha value is -0.820. The van der Waals surface area contributed by atoms with Crippen LogP contribution in [0.2, 0.25) is 0 Å². The first-order chi connectivity index (χ1) is 6.68. The van der Waals surface area contributed by atoms with Crippen LogP contribution in [0.3, 0.4) is 0 Å². The van der Waals surface area contributed by atoms with E-state index in [-0.39, 0.29) is 6.10 Å². The Labute approximate surface area is 86.8 Å². The van der Waals surface area contributed by atoms with Gasteiger partial charge in [0.2, 0.25) is 0 Å². The summed E-state index contributed by atoms with van der Waals surface area (Å²) in [6.45, 7) is 3.96. The van der Waals surface area contributed by atoms with E-state index in [0.29, 0.717) is 0 Å². The van der Waals surface area contributed by atoms with Gasteiger partial charge in [0.15, 0.2) is 0 Å². The fourth-order valence-electron chi connectivity index (χ4n) is 1.52. The summed E-state index contributed by atoms with van der Waals surface area (Å²) in [5.74, 6) is 0. The second kappa shape index (κ2) is 5.82. The maximum absolute atomic E-state index is 9.09. The van der Waals surface area contributed by atoms with Crippen molar-refractivity contribution in [2.24, 2.45) is 0 Å². The molecule has 0 aliphatic heterocycles. The molecule has 0 aliphatic rings. The minimum Gasteiger partial charge on any atom is -0.393 e. The monoisotopic (exact) mass is 192 g/mol. The van der Waals surface area contributed by atoms with Gasteiger partial charge < -0.3 is 5.11 Å². The van der Waals surface area contributed by atoms with Crippen molar-refractivity contribution in [2.45, 2.75) is 45.6 Å². The number of rotatable bonds is 5. The van der Waals surface area contributed by atoms with Crippen LogP contribution in [0.4, 0.5) is 0 Å². The van der Waals surface area contributed by atoms with Crippen LogP contribution in [0.15, 0.2) is 24.3 Å². The average Bonchev–Trinajstić information content (AvgIpc) is 2.15. The molecular weight excluding hydrogens is 172 g/mol. The molecule has 1 atom stereocenters. The molecule has 0 saturated carbocycles. The van der Waals surface area contributed by atoms with Crippen molar-refractivity contribution in [3.8, 4) is 0 Å². The zero-order valence-electron chi connectivity index (χ0n) is 9.16. The number of aryl methyl sites for hydroxylation is 2. The first-order valence-corrected chi connectivity index (χ1v) is 5.42. The topological polar surface area (TPSA) is 20.2 Å². The molecule has 1 aromatic carbocycles. The van der Waals surface area contributed by atoms with E-state index in [2.05, 4.69) is 31.2 Å². The van der Waals surface area contributed by atoms with Gasteiger partial charge >= 0.3 is 0 Å². The number of aliphatic hydroxyl groups is 1. The van der Waals surface area contributed by atoms with Gasteiger partial charge in [0.05, 0.1) is 6.10 Å². The van der Waals surface area contributed by atoms with Gasteiger partial charge in [0.25, 0.3) is 0 Å². The van der Waals surface area contributed by atoms with E-state index in [1.165, 1.54) is 17.5 Å².